The molecule has 104 valence electrons. The molecular formula is C14H27N3O. The summed E-state index contributed by atoms with van der Waals surface area (Å²) in [5, 5.41) is 6.27. The van der Waals surface area contributed by atoms with Gasteiger partial charge in [-0.1, -0.05) is 0 Å². The van der Waals surface area contributed by atoms with Crippen LogP contribution < -0.4 is 10.6 Å². The van der Waals surface area contributed by atoms with Crippen LogP contribution in [0.15, 0.2) is 0 Å². The molecule has 2 N–H and O–H groups in total. The first-order valence-electron chi connectivity index (χ1n) is 7.29. The molecule has 4 nitrogen and oxygen atoms in total. The van der Waals surface area contributed by atoms with Gasteiger partial charge in [0.25, 0.3) is 0 Å². The molecule has 2 fully saturated rings. The second-order valence-electron chi connectivity index (χ2n) is 6.17. The SMILES string of the molecule is CNC(=O)C1(C)CCN(CCC2CCCNC2)C1. The first-order valence-corrected chi connectivity index (χ1v) is 7.29. The van der Waals surface area contributed by atoms with E-state index in [0.29, 0.717) is 0 Å². The van der Waals surface area contributed by atoms with E-state index in [4.69, 9.17) is 0 Å². The van der Waals surface area contributed by atoms with Crippen molar-refractivity contribution in [1.29, 1.82) is 0 Å². The Balaban J connectivity index is 1.73. The van der Waals surface area contributed by atoms with Crippen LogP contribution >= 0.6 is 0 Å². The summed E-state index contributed by atoms with van der Waals surface area (Å²) in [7, 11) is 1.74. The molecule has 0 aromatic rings. The molecule has 0 radical (unpaired) electrons. The Morgan fingerprint density at radius 1 is 1.56 bits per heavy atom. The Bertz CT molecular complexity index is 289. The summed E-state index contributed by atoms with van der Waals surface area (Å²) in [4.78, 5) is 14.3. The minimum atomic E-state index is -0.167. The highest BCUT2D eigenvalue weighted by Crippen LogP contribution is 2.30. The molecule has 2 atom stereocenters. The van der Waals surface area contributed by atoms with E-state index in [9.17, 15) is 4.79 Å². The predicted molar refractivity (Wildman–Crippen MR) is 73.4 cm³/mol. The molecule has 0 aromatic carbocycles. The number of piperidine rings is 1. The Hall–Kier alpha value is -0.610. The fraction of sp³-hybridized carbons (Fsp3) is 0.929. The Morgan fingerprint density at radius 2 is 2.39 bits per heavy atom. The molecule has 2 aliphatic rings. The summed E-state index contributed by atoms with van der Waals surface area (Å²) in [5.74, 6) is 1.04. The number of rotatable bonds is 4. The van der Waals surface area contributed by atoms with E-state index in [1.54, 1.807) is 7.05 Å². The molecule has 2 heterocycles. The van der Waals surface area contributed by atoms with Crippen LogP contribution in [0, 0.1) is 11.3 Å². The highest BCUT2D eigenvalue weighted by Gasteiger charge is 2.39. The lowest BCUT2D eigenvalue weighted by Gasteiger charge is -2.26. The van der Waals surface area contributed by atoms with Gasteiger partial charge in [0.05, 0.1) is 5.41 Å². The van der Waals surface area contributed by atoms with E-state index in [-0.39, 0.29) is 11.3 Å². The Labute approximate surface area is 110 Å². The molecule has 18 heavy (non-hydrogen) atoms. The van der Waals surface area contributed by atoms with Gasteiger partial charge in [-0.25, -0.2) is 0 Å². The summed E-state index contributed by atoms with van der Waals surface area (Å²) < 4.78 is 0. The molecule has 0 spiro atoms. The standard InChI is InChI=1S/C14H27N3O/c1-14(13(18)15-2)6-9-17(11-14)8-5-12-4-3-7-16-10-12/h12,16H,3-11H2,1-2H3,(H,15,18). The van der Waals surface area contributed by atoms with Crippen LogP contribution in [0.3, 0.4) is 0 Å². The van der Waals surface area contributed by atoms with E-state index in [1.807, 2.05) is 0 Å². The van der Waals surface area contributed by atoms with Crippen LogP contribution in [0.2, 0.25) is 0 Å². The number of hydrogen-bond acceptors (Lipinski definition) is 3. The summed E-state index contributed by atoms with van der Waals surface area (Å²) in [6.45, 7) is 7.61. The van der Waals surface area contributed by atoms with E-state index in [0.717, 1.165) is 32.0 Å². The fourth-order valence-corrected chi connectivity index (χ4v) is 3.27. The zero-order valence-electron chi connectivity index (χ0n) is 11.8. The molecular weight excluding hydrogens is 226 g/mol. The highest BCUT2D eigenvalue weighted by atomic mass is 16.2. The average molecular weight is 253 g/mol. The number of nitrogens with one attached hydrogen (secondary N) is 2. The van der Waals surface area contributed by atoms with Gasteiger partial charge in [-0.2, -0.15) is 0 Å². The molecule has 2 rings (SSSR count). The quantitative estimate of drug-likeness (QED) is 0.780. The lowest BCUT2D eigenvalue weighted by atomic mass is 9.89. The average Bonchev–Trinajstić information content (AvgIpc) is 2.80. The lowest BCUT2D eigenvalue weighted by molar-refractivity contribution is -0.129. The zero-order chi connectivity index (χ0) is 13.0. The monoisotopic (exact) mass is 253 g/mol. The Morgan fingerprint density at radius 3 is 3.06 bits per heavy atom. The van der Waals surface area contributed by atoms with Crippen LogP contribution in [-0.2, 0) is 4.79 Å². The first-order chi connectivity index (χ1) is 8.64. The molecule has 2 aliphatic heterocycles. The summed E-state index contributed by atoms with van der Waals surface area (Å²) in [6.07, 6.45) is 4.96. The van der Waals surface area contributed by atoms with Gasteiger partial charge < -0.3 is 15.5 Å². The van der Waals surface area contributed by atoms with Gasteiger partial charge >= 0.3 is 0 Å². The topological polar surface area (TPSA) is 44.4 Å². The zero-order valence-corrected chi connectivity index (χ0v) is 11.8. The van der Waals surface area contributed by atoms with Crippen LogP contribution in [0.25, 0.3) is 0 Å². The Kier molecular flexibility index (Phi) is 4.62. The molecule has 1 amide bonds. The molecule has 4 heteroatoms. The summed E-state index contributed by atoms with van der Waals surface area (Å²) >= 11 is 0. The maximum atomic E-state index is 11.8. The van der Waals surface area contributed by atoms with E-state index < -0.39 is 0 Å². The van der Waals surface area contributed by atoms with E-state index in [2.05, 4.69) is 22.5 Å². The number of carbonyl (C=O) groups is 1. The van der Waals surface area contributed by atoms with Crippen molar-refractivity contribution in [2.24, 2.45) is 11.3 Å². The third kappa shape index (κ3) is 3.23. The lowest BCUT2D eigenvalue weighted by Crippen LogP contribution is -2.39. The van der Waals surface area contributed by atoms with Crippen LogP contribution in [-0.4, -0.2) is 50.6 Å². The molecule has 0 aliphatic carbocycles. The first kappa shape index (κ1) is 13.8. The van der Waals surface area contributed by atoms with Crippen molar-refractivity contribution in [2.75, 3.05) is 39.8 Å². The molecule has 2 saturated heterocycles. The number of nitrogens with zero attached hydrogens (tertiary/aromatic N) is 1. The molecule has 0 bridgehead atoms. The van der Waals surface area contributed by atoms with Crippen LogP contribution in [0.1, 0.15) is 32.6 Å². The van der Waals surface area contributed by atoms with Crippen molar-refractivity contribution in [3.8, 4) is 0 Å². The highest BCUT2D eigenvalue weighted by molar-refractivity contribution is 5.82. The van der Waals surface area contributed by atoms with Gasteiger partial charge in [0, 0.05) is 13.6 Å². The van der Waals surface area contributed by atoms with Gasteiger partial charge in [0.2, 0.25) is 5.91 Å². The van der Waals surface area contributed by atoms with E-state index >= 15 is 0 Å². The number of hydrogen-bond donors (Lipinski definition) is 2. The van der Waals surface area contributed by atoms with Gasteiger partial charge in [-0.05, 0) is 64.7 Å². The second-order valence-corrected chi connectivity index (χ2v) is 6.17. The normalized spacial score (nSPS) is 33.6. The van der Waals surface area contributed by atoms with Crippen molar-refractivity contribution in [1.82, 2.24) is 15.5 Å². The van der Waals surface area contributed by atoms with Gasteiger partial charge in [-0.3, -0.25) is 4.79 Å². The largest absolute Gasteiger partial charge is 0.359 e. The van der Waals surface area contributed by atoms with Crippen LogP contribution in [0.4, 0.5) is 0 Å². The third-order valence-electron chi connectivity index (χ3n) is 4.58. The predicted octanol–water partition coefficient (Wildman–Crippen LogP) is 0.834. The second kappa shape index (κ2) is 6.02. The summed E-state index contributed by atoms with van der Waals surface area (Å²) in [5.41, 5.74) is -0.167. The minimum Gasteiger partial charge on any atom is -0.359 e. The van der Waals surface area contributed by atoms with Crippen LogP contribution in [0.5, 0.6) is 0 Å². The van der Waals surface area contributed by atoms with Crippen molar-refractivity contribution >= 4 is 5.91 Å². The molecule has 0 aromatic heterocycles. The van der Waals surface area contributed by atoms with E-state index in [1.165, 1.54) is 32.4 Å². The summed E-state index contributed by atoms with van der Waals surface area (Å²) in [6, 6.07) is 0. The fourth-order valence-electron chi connectivity index (χ4n) is 3.27. The van der Waals surface area contributed by atoms with Crippen molar-refractivity contribution in [3.05, 3.63) is 0 Å². The van der Waals surface area contributed by atoms with Crippen molar-refractivity contribution in [2.45, 2.75) is 32.6 Å². The number of carbonyl (C=O) groups excluding carboxylic acids is 1. The van der Waals surface area contributed by atoms with Crippen molar-refractivity contribution < 1.29 is 4.79 Å². The molecule has 0 saturated carbocycles. The minimum absolute atomic E-state index is 0.167. The number of amides is 1. The maximum Gasteiger partial charge on any atom is 0.227 e. The molecule has 2 unspecified atom stereocenters. The maximum absolute atomic E-state index is 11.8. The smallest absolute Gasteiger partial charge is 0.227 e. The third-order valence-corrected chi connectivity index (χ3v) is 4.58. The van der Waals surface area contributed by atoms with Gasteiger partial charge in [-0.15, -0.1) is 0 Å². The van der Waals surface area contributed by atoms with Gasteiger partial charge in [0.15, 0.2) is 0 Å². The van der Waals surface area contributed by atoms with Gasteiger partial charge in [0.1, 0.15) is 0 Å². The van der Waals surface area contributed by atoms with Crippen molar-refractivity contribution in [3.63, 3.8) is 0 Å². The number of likely N-dealkylation sites (tertiary alicyclic amines) is 1.